The largest absolute Gasteiger partial charge is 0.490 e. The second-order valence-electron chi connectivity index (χ2n) is 7.84. The van der Waals surface area contributed by atoms with Crippen molar-refractivity contribution in [2.24, 2.45) is 5.92 Å². The smallest absolute Gasteiger partial charge is 0.475 e. The van der Waals surface area contributed by atoms with E-state index in [1.165, 1.54) is 0 Å². The van der Waals surface area contributed by atoms with E-state index in [1.54, 1.807) is 24.5 Å². The zero-order valence-corrected chi connectivity index (χ0v) is 17.9. The lowest BCUT2D eigenvalue weighted by atomic mass is 9.78. The molecule has 1 atom stereocenters. The molecule has 0 aromatic carbocycles. The highest BCUT2D eigenvalue weighted by atomic mass is 19.4. The van der Waals surface area contributed by atoms with Gasteiger partial charge in [0.2, 0.25) is 5.91 Å². The van der Waals surface area contributed by atoms with E-state index >= 15 is 0 Å². The number of aliphatic carboxylic acids is 1. The molecule has 1 unspecified atom stereocenters. The number of halogens is 3. The second-order valence-corrected chi connectivity index (χ2v) is 7.84. The van der Waals surface area contributed by atoms with Crippen LogP contribution in [0.3, 0.4) is 0 Å². The Hall–Kier alpha value is -2.69. The zero-order valence-electron chi connectivity index (χ0n) is 17.9. The summed E-state index contributed by atoms with van der Waals surface area (Å²) in [7, 11) is 0. The van der Waals surface area contributed by atoms with Gasteiger partial charge in [-0.3, -0.25) is 14.6 Å². The number of carboxylic acids is 1. The predicted octanol–water partition coefficient (Wildman–Crippen LogP) is 2.64. The molecule has 2 aliphatic rings. The molecule has 8 nitrogen and oxygen atoms in total. The Kier molecular flexibility index (Phi) is 8.99. The van der Waals surface area contributed by atoms with Crippen LogP contribution in [-0.2, 0) is 14.3 Å². The first kappa shape index (κ1) is 25.6. The second kappa shape index (κ2) is 11.3. The molecule has 1 aromatic heterocycles. The Morgan fingerprint density at radius 1 is 1.28 bits per heavy atom. The third-order valence-electron chi connectivity index (χ3n) is 5.58. The summed E-state index contributed by atoms with van der Waals surface area (Å²) >= 11 is 0. The topological polar surface area (TPSA) is 109 Å². The summed E-state index contributed by atoms with van der Waals surface area (Å²) in [6.07, 6.45) is 2.67. The van der Waals surface area contributed by atoms with Crippen molar-refractivity contribution in [1.29, 1.82) is 0 Å². The molecule has 2 fully saturated rings. The number of nitrogens with zero attached hydrogens (tertiary/aromatic N) is 2. The van der Waals surface area contributed by atoms with Gasteiger partial charge in [-0.2, -0.15) is 13.2 Å². The Morgan fingerprint density at radius 2 is 1.91 bits per heavy atom. The Bertz CT molecular complexity index is 783. The van der Waals surface area contributed by atoms with Crippen molar-refractivity contribution in [3.05, 3.63) is 30.1 Å². The summed E-state index contributed by atoms with van der Waals surface area (Å²) in [5, 5.41) is 10.1. The van der Waals surface area contributed by atoms with Crippen LogP contribution in [-0.4, -0.2) is 70.8 Å². The van der Waals surface area contributed by atoms with Crippen LogP contribution in [0.15, 0.2) is 24.5 Å². The number of carbonyl (C=O) groups excluding carboxylic acids is 2. The molecule has 1 spiro atoms. The number of alkyl halides is 3. The third-order valence-corrected chi connectivity index (χ3v) is 5.58. The lowest BCUT2D eigenvalue weighted by molar-refractivity contribution is -0.192. The van der Waals surface area contributed by atoms with Crippen molar-refractivity contribution in [1.82, 2.24) is 15.2 Å². The van der Waals surface area contributed by atoms with Crippen LogP contribution in [0.2, 0.25) is 0 Å². The number of carboxylic acid groups (broad SMARTS) is 1. The van der Waals surface area contributed by atoms with Crippen molar-refractivity contribution in [3.63, 3.8) is 0 Å². The lowest BCUT2D eigenvalue weighted by Gasteiger charge is -2.50. The molecule has 32 heavy (non-hydrogen) atoms. The molecule has 2 saturated heterocycles. The lowest BCUT2D eigenvalue weighted by Crippen LogP contribution is -2.66. The maximum absolute atomic E-state index is 12.1. The number of hydrogen-bond acceptors (Lipinski definition) is 5. The first-order valence-corrected chi connectivity index (χ1v) is 10.5. The highest BCUT2D eigenvalue weighted by molar-refractivity contribution is 5.93. The molecular weight excluding hydrogens is 431 g/mol. The van der Waals surface area contributed by atoms with E-state index in [2.05, 4.69) is 17.2 Å². The van der Waals surface area contributed by atoms with Gasteiger partial charge in [-0.05, 0) is 37.3 Å². The van der Waals surface area contributed by atoms with Gasteiger partial charge in [0.15, 0.2) is 0 Å². The minimum atomic E-state index is -5.08. The summed E-state index contributed by atoms with van der Waals surface area (Å²) in [5.41, 5.74) is 0.451. The van der Waals surface area contributed by atoms with Crippen LogP contribution in [0.1, 0.15) is 49.4 Å². The Morgan fingerprint density at radius 3 is 2.47 bits per heavy atom. The normalized spacial score (nSPS) is 19.0. The molecule has 3 rings (SSSR count). The number of hydrogen-bond donors (Lipinski definition) is 2. The van der Waals surface area contributed by atoms with Crippen LogP contribution >= 0.6 is 0 Å². The number of unbranched alkanes of at least 4 members (excludes halogenated alkanes) is 1. The van der Waals surface area contributed by atoms with Crippen molar-refractivity contribution >= 4 is 17.8 Å². The summed E-state index contributed by atoms with van der Waals surface area (Å²) in [5.74, 6) is -2.18. The summed E-state index contributed by atoms with van der Waals surface area (Å²) < 4.78 is 37.7. The van der Waals surface area contributed by atoms with Gasteiger partial charge in [-0.1, -0.05) is 13.3 Å². The molecule has 0 saturated carbocycles. The van der Waals surface area contributed by atoms with Gasteiger partial charge >= 0.3 is 12.1 Å². The van der Waals surface area contributed by atoms with Crippen LogP contribution in [0.4, 0.5) is 13.2 Å². The third kappa shape index (κ3) is 6.91. The van der Waals surface area contributed by atoms with E-state index in [-0.39, 0.29) is 17.4 Å². The van der Waals surface area contributed by atoms with Crippen molar-refractivity contribution in [2.75, 3.05) is 26.2 Å². The van der Waals surface area contributed by atoms with E-state index in [9.17, 15) is 22.8 Å². The molecule has 0 bridgehead atoms. The van der Waals surface area contributed by atoms with Crippen LogP contribution in [0.25, 0.3) is 0 Å². The number of likely N-dealkylation sites (tertiary alicyclic amines) is 1. The van der Waals surface area contributed by atoms with Gasteiger partial charge in [-0.25, -0.2) is 4.79 Å². The predicted molar refractivity (Wildman–Crippen MR) is 108 cm³/mol. The Labute approximate surface area is 184 Å². The molecule has 2 N–H and O–H groups in total. The van der Waals surface area contributed by atoms with Crippen LogP contribution < -0.4 is 5.32 Å². The molecule has 0 radical (unpaired) electrons. The molecule has 3 heterocycles. The van der Waals surface area contributed by atoms with E-state index in [4.69, 9.17) is 14.6 Å². The fraction of sp³-hybridized carbons (Fsp3) is 0.619. The SMILES string of the molecule is CCCCC(=O)N1CC2(C1)OCCC2CCNC(=O)c1ccncc1.O=C(O)C(F)(F)F. The highest BCUT2D eigenvalue weighted by Crippen LogP contribution is 2.41. The Balaban J connectivity index is 0.000000451. The first-order valence-electron chi connectivity index (χ1n) is 10.5. The average Bonchev–Trinajstić information content (AvgIpc) is 3.15. The van der Waals surface area contributed by atoms with Crippen molar-refractivity contribution in [3.8, 4) is 0 Å². The van der Waals surface area contributed by atoms with Gasteiger partial charge in [0.1, 0.15) is 5.60 Å². The molecule has 1 aromatic rings. The van der Waals surface area contributed by atoms with Crippen LogP contribution in [0.5, 0.6) is 0 Å². The van der Waals surface area contributed by atoms with E-state index in [1.807, 2.05) is 4.90 Å². The number of rotatable bonds is 7. The van der Waals surface area contributed by atoms with Gasteiger partial charge in [0, 0.05) is 37.5 Å². The molecular formula is C21H28F3N3O5. The van der Waals surface area contributed by atoms with E-state index in [0.29, 0.717) is 37.5 Å². The molecule has 2 amide bonds. The van der Waals surface area contributed by atoms with E-state index in [0.717, 1.165) is 32.3 Å². The zero-order chi connectivity index (χ0) is 23.8. The molecule has 0 aliphatic carbocycles. The maximum atomic E-state index is 12.1. The molecule has 178 valence electrons. The summed E-state index contributed by atoms with van der Waals surface area (Å²) in [6, 6.07) is 3.42. The number of pyridine rings is 1. The molecule has 2 aliphatic heterocycles. The van der Waals surface area contributed by atoms with Gasteiger partial charge in [0.05, 0.1) is 13.1 Å². The monoisotopic (exact) mass is 459 g/mol. The first-order chi connectivity index (χ1) is 15.1. The van der Waals surface area contributed by atoms with Crippen LogP contribution in [0, 0.1) is 5.92 Å². The standard InChI is InChI=1S/C19H27N3O3.C2HF3O2/c1-2-3-4-17(23)22-13-19(14-22)16(8-12-25-19)7-11-21-18(24)15-5-9-20-10-6-15;3-2(4,5)1(6)7/h5-6,9-10,16H,2-4,7-8,11-14H2,1H3,(H,21,24);(H,6,7). The van der Waals surface area contributed by atoms with Crippen molar-refractivity contribution in [2.45, 2.75) is 50.8 Å². The number of aromatic nitrogens is 1. The minimum Gasteiger partial charge on any atom is -0.475 e. The fourth-order valence-electron chi connectivity index (χ4n) is 3.77. The quantitative estimate of drug-likeness (QED) is 0.649. The summed E-state index contributed by atoms with van der Waals surface area (Å²) in [4.78, 5) is 38.9. The van der Waals surface area contributed by atoms with Crippen molar-refractivity contribution < 1.29 is 37.4 Å². The number of amides is 2. The highest BCUT2D eigenvalue weighted by Gasteiger charge is 2.53. The van der Waals surface area contributed by atoms with E-state index < -0.39 is 12.1 Å². The average molecular weight is 459 g/mol. The number of ether oxygens (including phenoxy) is 1. The fourth-order valence-corrected chi connectivity index (χ4v) is 3.77. The summed E-state index contributed by atoms with van der Waals surface area (Å²) in [6.45, 7) is 4.89. The van der Waals surface area contributed by atoms with Gasteiger partial charge < -0.3 is 20.1 Å². The minimum absolute atomic E-state index is 0.0691. The number of carbonyl (C=O) groups is 3. The number of nitrogens with one attached hydrogen (secondary N) is 1. The van der Waals surface area contributed by atoms with Gasteiger partial charge in [0.25, 0.3) is 5.91 Å². The van der Waals surface area contributed by atoms with Gasteiger partial charge in [-0.15, -0.1) is 0 Å². The maximum Gasteiger partial charge on any atom is 0.490 e. The molecule has 11 heteroatoms.